The molecule has 1 aromatic rings. The van der Waals surface area contributed by atoms with Gasteiger partial charge in [0.1, 0.15) is 5.75 Å². The molecule has 2 rings (SSSR count). The first-order valence-corrected chi connectivity index (χ1v) is 5.45. The maximum absolute atomic E-state index is 10.7. The van der Waals surface area contributed by atoms with Crippen LogP contribution in [0.25, 0.3) is 0 Å². The normalized spacial score (nSPS) is 15.8. The number of carbonyl (C=O) groups is 1. The number of benzene rings is 1. The number of hydrogen-bond donors (Lipinski definition) is 3. The molecule has 1 fully saturated rings. The van der Waals surface area contributed by atoms with Gasteiger partial charge < -0.3 is 15.5 Å². The molecule has 0 amide bonds. The minimum atomic E-state index is -1.02. The number of carboxylic acids is 1. The molecule has 1 saturated carbocycles. The van der Waals surface area contributed by atoms with E-state index in [2.05, 4.69) is 5.32 Å². The van der Waals surface area contributed by atoms with Crippen LogP contribution in [0.4, 0.5) is 0 Å². The van der Waals surface area contributed by atoms with Gasteiger partial charge in [0.15, 0.2) is 0 Å². The Kier molecular flexibility index (Phi) is 3.10. The van der Waals surface area contributed by atoms with Crippen LogP contribution in [0.3, 0.4) is 0 Å². The van der Waals surface area contributed by atoms with Gasteiger partial charge in [-0.3, -0.25) is 0 Å². The van der Waals surface area contributed by atoms with E-state index in [1.165, 1.54) is 31.4 Å². The molecule has 86 valence electrons. The van der Waals surface area contributed by atoms with E-state index in [4.69, 9.17) is 5.11 Å². The fraction of sp³-hybridized carbons (Fsp3) is 0.417. The minimum absolute atomic E-state index is 0.0479. The first-order chi connectivity index (χ1) is 7.66. The Hall–Kier alpha value is -1.55. The molecule has 1 aliphatic rings. The topological polar surface area (TPSA) is 69.6 Å². The Morgan fingerprint density at radius 1 is 1.44 bits per heavy atom. The number of phenols is 1. The highest BCUT2D eigenvalue weighted by molar-refractivity contribution is 5.88. The molecule has 4 heteroatoms. The molecule has 0 atom stereocenters. The van der Waals surface area contributed by atoms with Gasteiger partial charge in [0.05, 0.1) is 5.56 Å². The van der Waals surface area contributed by atoms with Gasteiger partial charge in [-0.1, -0.05) is 12.5 Å². The Bertz CT molecular complexity index is 399. The van der Waals surface area contributed by atoms with Gasteiger partial charge in [-0.05, 0) is 25.0 Å². The summed E-state index contributed by atoms with van der Waals surface area (Å²) in [5.74, 6) is -0.972. The fourth-order valence-electron chi connectivity index (χ4n) is 1.71. The molecule has 0 heterocycles. The molecule has 16 heavy (non-hydrogen) atoms. The Morgan fingerprint density at radius 3 is 2.69 bits per heavy atom. The van der Waals surface area contributed by atoms with Crippen molar-refractivity contribution in [3.05, 3.63) is 29.3 Å². The van der Waals surface area contributed by atoms with Crippen molar-refractivity contribution in [2.75, 3.05) is 0 Å². The van der Waals surface area contributed by atoms with Crippen LogP contribution in [-0.2, 0) is 6.54 Å². The van der Waals surface area contributed by atoms with Gasteiger partial charge in [0.2, 0.25) is 0 Å². The van der Waals surface area contributed by atoms with E-state index in [0.717, 1.165) is 5.56 Å². The Morgan fingerprint density at radius 2 is 2.19 bits per heavy atom. The highest BCUT2D eigenvalue weighted by Crippen LogP contribution is 2.22. The number of hydrogen-bond acceptors (Lipinski definition) is 3. The molecular formula is C12H15NO3. The van der Waals surface area contributed by atoms with Crippen LogP contribution in [0.5, 0.6) is 5.75 Å². The zero-order chi connectivity index (χ0) is 11.5. The van der Waals surface area contributed by atoms with Crippen LogP contribution in [0, 0.1) is 0 Å². The van der Waals surface area contributed by atoms with Crippen molar-refractivity contribution < 1.29 is 15.0 Å². The van der Waals surface area contributed by atoms with Crippen molar-refractivity contribution in [1.82, 2.24) is 5.32 Å². The summed E-state index contributed by atoms with van der Waals surface area (Å²) in [5.41, 5.74) is 0.863. The van der Waals surface area contributed by atoms with Gasteiger partial charge in [-0.2, -0.15) is 0 Å². The SMILES string of the molecule is O=C(O)c1ccc(CNC2CCC2)c(O)c1. The summed E-state index contributed by atoms with van der Waals surface area (Å²) >= 11 is 0. The van der Waals surface area contributed by atoms with Gasteiger partial charge in [-0.15, -0.1) is 0 Å². The predicted molar refractivity (Wildman–Crippen MR) is 59.5 cm³/mol. The van der Waals surface area contributed by atoms with Gasteiger partial charge >= 0.3 is 5.97 Å². The van der Waals surface area contributed by atoms with E-state index in [1.54, 1.807) is 6.07 Å². The van der Waals surface area contributed by atoms with Crippen LogP contribution in [-0.4, -0.2) is 22.2 Å². The van der Waals surface area contributed by atoms with E-state index >= 15 is 0 Å². The van der Waals surface area contributed by atoms with Gasteiger partial charge in [-0.25, -0.2) is 4.79 Å². The lowest BCUT2D eigenvalue weighted by atomic mass is 9.93. The molecule has 0 saturated heterocycles. The van der Waals surface area contributed by atoms with Crippen molar-refractivity contribution >= 4 is 5.97 Å². The molecule has 1 aliphatic carbocycles. The zero-order valence-corrected chi connectivity index (χ0v) is 8.94. The predicted octanol–water partition coefficient (Wildman–Crippen LogP) is 1.73. The summed E-state index contributed by atoms with van der Waals surface area (Å²) in [6.07, 6.45) is 3.64. The number of phenolic OH excluding ortho intramolecular Hbond substituents is 1. The minimum Gasteiger partial charge on any atom is -0.508 e. The summed E-state index contributed by atoms with van der Waals surface area (Å²) in [4.78, 5) is 10.7. The van der Waals surface area contributed by atoms with E-state index in [9.17, 15) is 9.90 Å². The summed E-state index contributed by atoms with van der Waals surface area (Å²) in [7, 11) is 0. The van der Waals surface area contributed by atoms with E-state index in [0.29, 0.717) is 12.6 Å². The maximum Gasteiger partial charge on any atom is 0.335 e. The van der Waals surface area contributed by atoms with Crippen molar-refractivity contribution in [1.29, 1.82) is 0 Å². The second-order valence-electron chi connectivity index (χ2n) is 4.16. The lowest BCUT2D eigenvalue weighted by Gasteiger charge is -2.26. The number of carboxylic acid groups (broad SMARTS) is 1. The molecular weight excluding hydrogens is 206 g/mol. The quantitative estimate of drug-likeness (QED) is 0.724. The first-order valence-electron chi connectivity index (χ1n) is 5.45. The smallest absolute Gasteiger partial charge is 0.335 e. The monoisotopic (exact) mass is 221 g/mol. The molecule has 4 nitrogen and oxygen atoms in total. The highest BCUT2D eigenvalue weighted by atomic mass is 16.4. The van der Waals surface area contributed by atoms with Crippen LogP contribution in [0.15, 0.2) is 18.2 Å². The third-order valence-electron chi connectivity index (χ3n) is 3.02. The lowest BCUT2D eigenvalue weighted by molar-refractivity contribution is 0.0696. The van der Waals surface area contributed by atoms with Crippen LogP contribution in [0.2, 0.25) is 0 Å². The molecule has 3 N–H and O–H groups in total. The van der Waals surface area contributed by atoms with Crippen LogP contribution >= 0.6 is 0 Å². The third-order valence-corrected chi connectivity index (χ3v) is 3.02. The maximum atomic E-state index is 10.7. The molecule has 0 spiro atoms. The van der Waals surface area contributed by atoms with Gasteiger partial charge in [0.25, 0.3) is 0 Å². The van der Waals surface area contributed by atoms with Crippen molar-refractivity contribution in [2.45, 2.75) is 31.8 Å². The highest BCUT2D eigenvalue weighted by Gasteiger charge is 2.17. The van der Waals surface area contributed by atoms with Gasteiger partial charge in [0, 0.05) is 18.2 Å². The lowest BCUT2D eigenvalue weighted by Crippen LogP contribution is -2.34. The average molecular weight is 221 g/mol. The Labute approximate surface area is 93.9 Å². The Balaban J connectivity index is 2.00. The van der Waals surface area contributed by atoms with Crippen LogP contribution in [0.1, 0.15) is 35.2 Å². The second-order valence-corrected chi connectivity index (χ2v) is 4.16. The number of rotatable bonds is 4. The fourth-order valence-corrected chi connectivity index (χ4v) is 1.71. The molecule has 1 aromatic carbocycles. The average Bonchev–Trinajstić information content (AvgIpc) is 2.17. The summed E-state index contributed by atoms with van der Waals surface area (Å²) < 4.78 is 0. The van der Waals surface area contributed by atoms with Crippen molar-refractivity contribution in [3.8, 4) is 5.75 Å². The standard InChI is InChI=1S/C12H15NO3/c14-11-6-8(12(15)16)4-5-9(11)7-13-10-2-1-3-10/h4-6,10,13-14H,1-3,7H2,(H,15,16). The van der Waals surface area contributed by atoms with E-state index in [-0.39, 0.29) is 11.3 Å². The largest absolute Gasteiger partial charge is 0.508 e. The van der Waals surface area contributed by atoms with E-state index < -0.39 is 5.97 Å². The molecule has 0 aromatic heterocycles. The van der Waals surface area contributed by atoms with Crippen molar-refractivity contribution in [3.63, 3.8) is 0 Å². The molecule has 0 unspecified atom stereocenters. The van der Waals surface area contributed by atoms with Crippen LogP contribution < -0.4 is 5.32 Å². The number of aromatic carboxylic acids is 1. The second kappa shape index (κ2) is 4.53. The zero-order valence-electron chi connectivity index (χ0n) is 8.94. The summed E-state index contributed by atoms with van der Waals surface area (Å²) in [6.45, 7) is 0.594. The number of nitrogens with one attached hydrogen (secondary N) is 1. The third kappa shape index (κ3) is 2.33. The first kappa shape index (κ1) is 11.0. The molecule has 0 aliphatic heterocycles. The van der Waals surface area contributed by atoms with E-state index in [1.807, 2.05) is 0 Å². The number of aromatic hydroxyl groups is 1. The summed E-state index contributed by atoms with van der Waals surface area (Å²) in [5, 5.41) is 21.7. The molecule has 0 bridgehead atoms. The summed E-state index contributed by atoms with van der Waals surface area (Å²) in [6, 6.07) is 5.02. The molecule has 0 radical (unpaired) electrons. The van der Waals surface area contributed by atoms with Crippen molar-refractivity contribution in [2.24, 2.45) is 0 Å².